The van der Waals surface area contributed by atoms with E-state index in [1.807, 2.05) is 6.07 Å². The number of hydrogen-bond acceptors (Lipinski definition) is 2. The van der Waals surface area contributed by atoms with Crippen LogP contribution < -0.4 is 21.9 Å². The van der Waals surface area contributed by atoms with Gasteiger partial charge in [0.25, 0.3) is 0 Å². The first-order valence-corrected chi connectivity index (χ1v) is 10.3. The number of rotatable bonds is 13. The molecule has 0 N–H and O–H groups in total. The minimum absolute atomic E-state index is 0. The predicted octanol–water partition coefficient (Wildman–Crippen LogP) is 2.92. The quantitative estimate of drug-likeness (QED) is 0.385. The van der Waals surface area contributed by atoms with Gasteiger partial charge in [-0.2, -0.15) is 0 Å². The van der Waals surface area contributed by atoms with Crippen LogP contribution in [0.2, 0.25) is 0 Å². The molecule has 0 saturated carbocycles. The third-order valence-corrected chi connectivity index (χ3v) is 5.16. The van der Waals surface area contributed by atoms with Crippen molar-refractivity contribution in [2.75, 3.05) is 27.4 Å². The largest absolute Gasteiger partial charge is 1.00 e. The summed E-state index contributed by atoms with van der Waals surface area (Å²) in [4.78, 5) is 0. The molecule has 4 heteroatoms. The van der Waals surface area contributed by atoms with E-state index in [0.717, 1.165) is 22.5 Å². The summed E-state index contributed by atoms with van der Waals surface area (Å²) in [6.07, 6.45) is 14.0. The van der Waals surface area contributed by atoms with Crippen LogP contribution in [0.5, 0.6) is 11.5 Å². The molecule has 0 fully saturated rings. The molecule has 1 heterocycles. The average Bonchev–Trinajstić information content (AvgIpc) is 3.04. The third kappa shape index (κ3) is 8.64. The molecule has 150 valence electrons. The van der Waals surface area contributed by atoms with Crippen molar-refractivity contribution in [2.45, 2.75) is 77.7 Å². The highest BCUT2D eigenvalue weighted by Crippen LogP contribution is 2.33. The van der Waals surface area contributed by atoms with Crippen molar-refractivity contribution in [3.8, 4) is 11.5 Å². The summed E-state index contributed by atoms with van der Waals surface area (Å²) in [6.45, 7) is 4.93. The average molecular weight is 384 g/mol. The molecule has 0 amide bonds. The molecule has 1 aliphatic rings. The van der Waals surface area contributed by atoms with Crippen LogP contribution in [0.15, 0.2) is 18.2 Å². The number of halogens is 1. The Morgan fingerprint density at radius 2 is 1.38 bits per heavy atom. The Balaban J connectivity index is 0.00000338. The lowest BCUT2D eigenvalue weighted by Gasteiger charge is -2.30. The smallest absolute Gasteiger partial charge is 0.231 e. The fourth-order valence-electron chi connectivity index (χ4n) is 3.64. The first kappa shape index (κ1) is 23.1. The standard InChI is InChI=1S/C22H38NO2.ClH/c1-4-5-6-7-8-9-10-11-12-13-16-23(2,3)18-20-14-15-21-22(17-20)25-19-24-21;/h14-15,17H,4-13,16,18-19H2,1-3H3;1H/q+1;/p-1. The van der Waals surface area contributed by atoms with E-state index in [4.69, 9.17) is 9.47 Å². The Kier molecular flexibility index (Phi) is 11.1. The van der Waals surface area contributed by atoms with Crippen molar-refractivity contribution >= 4 is 0 Å². The first-order chi connectivity index (χ1) is 12.1. The highest BCUT2D eigenvalue weighted by atomic mass is 35.5. The number of hydrogen-bond donors (Lipinski definition) is 0. The SMILES string of the molecule is CCCCCCCCCCCC[N+](C)(C)Cc1ccc2c(c1)OCO2.[Cl-]. The topological polar surface area (TPSA) is 18.5 Å². The summed E-state index contributed by atoms with van der Waals surface area (Å²) in [5.41, 5.74) is 1.33. The van der Waals surface area contributed by atoms with Crippen molar-refractivity contribution in [3.05, 3.63) is 23.8 Å². The minimum atomic E-state index is 0. The maximum Gasteiger partial charge on any atom is 0.231 e. The van der Waals surface area contributed by atoms with Gasteiger partial charge in [-0.05, 0) is 31.0 Å². The number of ether oxygens (including phenoxy) is 2. The van der Waals surface area contributed by atoms with Crippen molar-refractivity contribution in [3.63, 3.8) is 0 Å². The van der Waals surface area contributed by atoms with E-state index in [2.05, 4.69) is 33.2 Å². The number of quaternary nitrogens is 1. The molecule has 0 radical (unpaired) electrons. The van der Waals surface area contributed by atoms with Crippen LogP contribution in [-0.2, 0) is 6.54 Å². The molecule has 0 spiro atoms. The first-order valence-electron chi connectivity index (χ1n) is 10.3. The van der Waals surface area contributed by atoms with Crippen molar-refractivity contribution in [1.82, 2.24) is 0 Å². The van der Waals surface area contributed by atoms with Gasteiger partial charge in [-0.15, -0.1) is 0 Å². The highest BCUT2D eigenvalue weighted by molar-refractivity contribution is 5.44. The van der Waals surface area contributed by atoms with Gasteiger partial charge in [0.2, 0.25) is 6.79 Å². The van der Waals surface area contributed by atoms with E-state index in [1.54, 1.807) is 0 Å². The van der Waals surface area contributed by atoms with Crippen molar-refractivity contribution in [1.29, 1.82) is 0 Å². The van der Waals surface area contributed by atoms with Gasteiger partial charge >= 0.3 is 0 Å². The zero-order valence-corrected chi connectivity index (χ0v) is 17.8. The van der Waals surface area contributed by atoms with Gasteiger partial charge in [0.05, 0.1) is 20.6 Å². The van der Waals surface area contributed by atoms with E-state index >= 15 is 0 Å². The van der Waals surface area contributed by atoms with Crippen LogP contribution in [0.1, 0.15) is 76.7 Å². The molecule has 26 heavy (non-hydrogen) atoms. The summed E-state index contributed by atoms with van der Waals surface area (Å²) in [7, 11) is 4.66. The van der Waals surface area contributed by atoms with Gasteiger partial charge in [-0.3, -0.25) is 0 Å². The summed E-state index contributed by atoms with van der Waals surface area (Å²) in [6, 6.07) is 6.35. The van der Waals surface area contributed by atoms with Gasteiger partial charge in [0.1, 0.15) is 6.54 Å². The lowest BCUT2D eigenvalue weighted by molar-refractivity contribution is -0.903. The molecule has 2 rings (SSSR count). The number of fused-ring (bicyclic) bond motifs is 1. The summed E-state index contributed by atoms with van der Waals surface area (Å²) in [5.74, 6) is 1.78. The van der Waals surface area contributed by atoms with E-state index < -0.39 is 0 Å². The molecular formula is C22H38ClNO2. The van der Waals surface area contributed by atoms with Crippen LogP contribution in [0.25, 0.3) is 0 Å². The Hall–Kier alpha value is -0.930. The highest BCUT2D eigenvalue weighted by Gasteiger charge is 2.19. The van der Waals surface area contributed by atoms with Gasteiger partial charge in [-0.25, -0.2) is 0 Å². The van der Waals surface area contributed by atoms with Crippen LogP contribution in [-0.4, -0.2) is 31.9 Å². The van der Waals surface area contributed by atoms with Crippen molar-refractivity contribution < 1.29 is 26.4 Å². The zero-order chi connectivity index (χ0) is 18.0. The maximum atomic E-state index is 5.49. The summed E-state index contributed by atoms with van der Waals surface area (Å²) < 4.78 is 11.9. The van der Waals surface area contributed by atoms with Crippen LogP contribution in [0, 0.1) is 0 Å². The van der Waals surface area contributed by atoms with Crippen LogP contribution >= 0.6 is 0 Å². The molecule has 0 aliphatic carbocycles. The van der Waals surface area contributed by atoms with E-state index in [-0.39, 0.29) is 12.4 Å². The molecule has 3 nitrogen and oxygen atoms in total. The molecule has 0 aromatic heterocycles. The Labute approximate surface area is 167 Å². The second-order valence-electron chi connectivity index (χ2n) is 8.19. The predicted molar refractivity (Wildman–Crippen MR) is 105 cm³/mol. The van der Waals surface area contributed by atoms with Crippen molar-refractivity contribution in [2.24, 2.45) is 0 Å². The van der Waals surface area contributed by atoms with Crippen LogP contribution in [0.4, 0.5) is 0 Å². The number of unbranched alkanes of at least 4 members (excludes halogenated alkanes) is 9. The molecular weight excluding hydrogens is 346 g/mol. The monoisotopic (exact) mass is 383 g/mol. The normalized spacial score (nSPS) is 12.9. The summed E-state index contributed by atoms with van der Waals surface area (Å²) >= 11 is 0. The van der Waals surface area contributed by atoms with Gasteiger partial charge in [0, 0.05) is 5.56 Å². The molecule has 0 saturated heterocycles. The van der Waals surface area contributed by atoms with E-state index in [0.29, 0.717) is 6.79 Å². The molecule has 1 aromatic carbocycles. The molecule has 0 bridgehead atoms. The third-order valence-electron chi connectivity index (χ3n) is 5.16. The Morgan fingerprint density at radius 3 is 2.04 bits per heavy atom. The molecule has 0 unspecified atom stereocenters. The number of benzene rings is 1. The maximum absolute atomic E-state index is 5.49. The van der Waals surface area contributed by atoms with Gasteiger partial charge in [-0.1, -0.05) is 58.3 Å². The van der Waals surface area contributed by atoms with E-state index in [1.165, 1.54) is 76.3 Å². The molecule has 1 aromatic rings. The fourth-order valence-corrected chi connectivity index (χ4v) is 3.64. The molecule has 0 atom stereocenters. The van der Waals surface area contributed by atoms with Gasteiger partial charge in [0.15, 0.2) is 11.5 Å². The Bertz CT molecular complexity index is 505. The second-order valence-corrected chi connectivity index (χ2v) is 8.19. The summed E-state index contributed by atoms with van der Waals surface area (Å²) in [5, 5.41) is 0. The van der Waals surface area contributed by atoms with Crippen LogP contribution in [0.3, 0.4) is 0 Å². The fraction of sp³-hybridized carbons (Fsp3) is 0.727. The minimum Gasteiger partial charge on any atom is -1.00 e. The lowest BCUT2D eigenvalue weighted by Crippen LogP contribution is -3.00. The zero-order valence-electron chi connectivity index (χ0n) is 17.1. The number of nitrogens with zero attached hydrogens (tertiary/aromatic N) is 1. The van der Waals surface area contributed by atoms with E-state index in [9.17, 15) is 0 Å². The second kappa shape index (κ2) is 12.5. The lowest BCUT2D eigenvalue weighted by atomic mass is 10.1. The molecule has 1 aliphatic heterocycles. The van der Waals surface area contributed by atoms with Gasteiger partial charge < -0.3 is 26.4 Å². The Morgan fingerprint density at radius 1 is 0.808 bits per heavy atom.